The van der Waals surface area contributed by atoms with E-state index in [4.69, 9.17) is 5.11 Å². The maximum Gasteiger partial charge on any atom is 0.331 e. The van der Waals surface area contributed by atoms with Crippen LogP contribution in [0.2, 0.25) is 0 Å². The minimum absolute atomic E-state index is 0.365. The van der Waals surface area contributed by atoms with Gasteiger partial charge >= 0.3 is 13.4 Å². The predicted molar refractivity (Wildman–Crippen MR) is 37.5 cm³/mol. The Hall–Kier alpha value is -1.33. The molecule has 1 radical (unpaired) electrons. The Kier molecular flexibility index (Phi) is 3.94. The molecule has 0 heterocycles. The zero-order valence-corrected chi connectivity index (χ0v) is 5.98. The lowest BCUT2D eigenvalue weighted by molar-refractivity contribution is -0.140. The highest BCUT2D eigenvalue weighted by molar-refractivity contribution is 6.66. The van der Waals surface area contributed by atoms with Crippen molar-refractivity contribution in [3.8, 4) is 0 Å². The Morgan fingerprint density at radius 3 is 2.45 bits per heavy atom. The normalized spacial score (nSPS) is 8.45. The summed E-state index contributed by atoms with van der Waals surface area (Å²) in [5.41, 5.74) is 0. The van der Waals surface area contributed by atoms with Gasteiger partial charge in [-0.25, -0.2) is 0 Å². The molecule has 0 saturated heterocycles. The first-order valence-corrected chi connectivity index (χ1v) is 2.85. The van der Waals surface area contributed by atoms with Crippen LogP contribution in [-0.4, -0.2) is 41.9 Å². The van der Waals surface area contributed by atoms with Crippen LogP contribution in [0.3, 0.4) is 0 Å². The van der Waals surface area contributed by atoms with Crippen molar-refractivity contribution in [2.45, 2.75) is 6.92 Å². The minimum atomic E-state index is -1.15. The van der Waals surface area contributed by atoms with Crippen molar-refractivity contribution in [3.63, 3.8) is 0 Å². The first-order valence-electron chi connectivity index (χ1n) is 2.85. The summed E-state index contributed by atoms with van der Waals surface area (Å²) in [4.78, 5) is 31.3. The van der Waals surface area contributed by atoms with E-state index in [2.05, 4.69) is 0 Å². The van der Waals surface area contributed by atoms with Gasteiger partial charge in [-0.1, -0.05) is 0 Å². The van der Waals surface area contributed by atoms with E-state index < -0.39 is 18.4 Å². The second-order valence-corrected chi connectivity index (χ2v) is 1.83. The Morgan fingerprint density at radius 2 is 2.18 bits per heavy atom. The Balaban J connectivity index is 3.99. The lowest BCUT2D eigenvalue weighted by Crippen LogP contribution is -2.37. The van der Waals surface area contributed by atoms with Crippen molar-refractivity contribution in [1.82, 2.24) is 4.81 Å². The predicted octanol–water partition coefficient (Wildman–Crippen LogP) is -1.27. The molecule has 0 aromatic rings. The molecule has 59 valence electrons. The monoisotopic (exact) mass is 156 g/mol. The van der Waals surface area contributed by atoms with E-state index in [-0.39, 0.29) is 0 Å². The summed E-state index contributed by atoms with van der Waals surface area (Å²) in [6.45, 7) is 0.705. The average Bonchev–Trinajstić information content (AvgIpc) is 1.86. The number of carboxylic acids is 1. The summed E-state index contributed by atoms with van der Waals surface area (Å²) >= 11 is 0. The number of hydrogen-bond donors (Lipinski definition) is 1. The fourth-order valence-corrected chi connectivity index (χ4v) is 0.488. The van der Waals surface area contributed by atoms with Crippen molar-refractivity contribution in [2.75, 3.05) is 6.54 Å². The van der Waals surface area contributed by atoms with E-state index in [0.717, 1.165) is 12.2 Å². The van der Waals surface area contributed by atoms with Crippen LogP contribution in [-0.2, 0) is 14.4 Å². The second kappa shape index (κ2) is 4.48. The third kappa shape index (κ3) is 4.13. The quantitative estimate of drug-likeness (QED) is 0.406. The molecule has 0 spiro atoms. The zero-order chi connectivity index (χ0) is 8.85. The highest BCUT2D eigenvalue weighted by atomic mass is 16.4. The van der Waals surface area contributed by atoms with Gasteiger partial charge in [-0.2, -0.15) is 0 Å². The van der Waals surface area contributed by atoms with Crippen LogP contribution < -0.4 is 0 Å². The number of nitrogens with zero attached hydrogens (tertiary/aromatic N) is 1. The van der Waals surface area contributed by atoms with E-state index in [1.807, 2.05) is 0 Å². The van der Waals surface area contributed by atoms with Gasteiger partial charge in [0.05, 0.1) is 0 Å². The molecule has 0 aromatic heterocycles. The largest absolute Gasteiger partial charge is 0.480 e. The maximum absolute atomic E-state index is 10.5. The van der Waals surface area contributed by atoms with Gasteiger partial charge in [0.1, 0.15) is 12.7 Å². The molecular formula is C5H7BNO4. The number of carbonyl (C=O) groups excluding carboxylic acids is 2. The van der Waals surface area contributed by atoms with Crippen LogP contribution in [0.4, 0.5) is 0 Å². The molecule has 0 unspecified atom stereocenters. The maximum atomic E-state index is 10.5. The fraction of sp³-hybridized carbons (Fsp3) is 0.400. The molecule has 0 saturated carbocycles. The van der Waals surface area contributed by atoms with Crippen LogP contribution >= 0.6 is 0 Å². The molecule has 0 bridgehead atoms. The van der Waals surface area contributed by atoms with Gasteiger partial charge in [-0.15, -0.1) is 0 Å². The smallest absolute Gasteiger partial charge is 0.331 e. The molecule has 1 amide bonds. The van der Waals surface area contributed by atoms with Crippen LogP contribution in [0, 0.1) is 0 Å². The molecule has 0 rings (SSSR count). The molecule has 1 N–H and O–H groups in total. The van der Waals surface area contributed by atoms with Gasteiger partial charge in [-0.3, -0.25) is 9.59 Å². The summed E-state index contributed by atoms with van der Waals surface area (Å²) in [6.07, 6.45) is 0.365. The third-order valence-electron chi connectivity index (χ3n) is 0.951. The van der Waals surface area contributed by atoms with Gasteiger partial charge in [0, 0.05) is 6.92 Å². The molecular weight excluding hydrogens is 149 g/mol. The van der Waals surface area contributed by atoms with Crippen LogP contribution in [0.1, 0.15) is 6.92 Å². The molecule has 0 fully saturated rings. The van der Waals surface area contributed by atoms with E-state index in [1.165, 1.54) is 6.92 Å². The molecule has 11 heavy (non-hydrogen) atoms. The molecule has 0 aliphatic heterocycles. The Morgan fingerprint density at radius 1 is 1.64 bits per heavy atom. The molecule has 0 aliphatic carbocycles. The van der Waals surface area contributed by atoms with Gasteiger partial charge in [0.25, 0.3) is 0 Å². The molecule has 0 aromatic carbocycles. The topological polar surface area (TPSA) is 74.7 Å². The number of amides is 1. The average molecular weight is 156 g/mol. The molecule has 5 nitrogen and oxygen atoms in total. The first kappa shape index (κ1) is 9.67. The Bertz CT molecular complexity index is 181. The highest BCUT2D eigenvalue weighted by Gasteiger charge is 2.12. The van der Waals surface area contributed by atoms with Crippen molar-refractivity contribution >= 4 is 25.5 Å². The number of rotatable bonds is 4. The molecule has 0 aliphatic rings. The van der Waals surface area contributed by atoms with Crippen molar-refractivity contribution in [3.05, 3.63) is 0 Å². The summed E-state index contributed by atoms with van der Waals surface area (Å²) in [5, 5.41) is 8.23. The van der Waals surface area contributed by atoms with E-state index in [9.17, 15) is 14.4 Å². The van der Waals surface area contributed by atoms with Gasteiger partial charge in [-0.05, 0) is 0 Å². The van der Waals surface area contributed by atoms with Crippen molar-refractivity contribution in [1.29, 1.82) is 0 Å². The number of hydrogen-bond acceptors (Lipinski definition) is 3. The molecule has 0 atom stereocenters. The number of aliphatic carboxylic acids is 1. The van der Waals surface area contributed by atoms with Crippen LogP contribution in [0.5, 0.6) is 0 Å². The van der Waals surface area contributed by atoms with Crippen LogP contribution in [0.15, 0.2) is 0 Å². The van der Waals surface area contributed by atoms with Gasteiger partial charge in [0.15, 0.2) is 0 Å². The molecule has 6 heteroatoms. The van der Waals surface area contributed by atoms with E-state index >= 15 is 0 Å². The van der Waals surface area contributed by atoms with Crippen molar-refractivity contribution in [2.24, 2.45) is 0 Å². The fourth-order valence-electron chi connectivity index (χ4n) is 0.488. The third-order valence-corrected chi connectivity index (χ3v) is 0.951. The van der Waals surface area contributed by atoms with E-state index in [0.29, 0.717) is 6.19 Å². The lowest BCUT2D eigenvalue weighted by Gasteiger charge is -2.13. The van der Waals surface area contributed by atoms with Gasteiger partial charge < -0.3 is 14.7 Å². The lowest BCUT2D eigenvalue weighted by atomic mass is 9.94. The summed E-state index contributed by atoms with van der Waals surface area (Å²) in [7, 11) is 0.885. The van der Waals surface area contributed by atoms with Gasteiger partial charge in [0.2, 0.25) is 5.91 Å². The zero-order valence-electron chi connectivity index (χ0n) is 5.98. The van der Waals surface area contributed by atoms with E-state index in [1.54, 1.807) is 0 Å². The first-order chi connectivity index (χ1) is 5.07. The minimum Gasteiger partial charge on any atom is -0.480 e. The van der Waals surface area contributed by atoms with Crippen LogP contribution in [0.25, 0.3) is 0 Å². The SMILES string of the molecule is CC(=O)N([B]C=O)CC(=O)O. The summed E-state index contributed by atoms with van der Waals surface area (Å²) in [5.74, 6) is -1.63. The number of carbonyl (C=O) groups is 3. The standard InChI is InChI=1S/C5H7BNO4/c1-4(9)7(6-3-8)2-5(10)11/h3H,2H2,1H3,(H,10,11). The Labute approximate surface area is 64.2 Å². The summed E-state index contributed by atoms with van der Waals surface area (Å²) < 4.78 is 0. The van der Waals surface area contributed by atoms with Crippen molar-refractivity contribution < 1.29 is 19.5 Å². The number of carboxylic acid groups (broad SMARTS) is 1. The summed E-state index contributed by atoms with van der Waals surface area (Å²) in [6, 6.07) is 0. The second-order valence-electron chi connectivity index (χ2n) is 1.83. The highest BCUT2D eigenvalue weighted by Crippen LogP contribution is 1.84.